The lowest BCUT2D eigenvalue weighted by atomic mass is 10.1. The van der Waals surface area contributed by atoms with Gasteiger partial charge < -0.3 is 9.47 Å². The van der Waals surface area contributed by atoms with Crippen LogP contribution in [0.3, 0.4) is 0 Å². The highest BCUT2D eigenvalue weighted by Gasteiger charge is 2.16. The third kappa shape index (κ3) is 6.76. The van der Waals surface area contributed by atoms with Crippen LogP contribution in [0.1, 0.15) is 35.9 Å². The molecule has 0 spiro atoms. The molecule has 0 unspecified atom stereocenters. The van der Waals surface area contributed by atoms with E-state index in [0.717, 1.165) is 29.8 Å². The molecule has 0 fully saturated rings. The van der Waals surface area contributed by atoms with Crippen molar-refractivity contribution in [3.63, 3.8) is 0 Å². The number of benzene rings is 2. The quantitative estimate of drug-likeness (QED) is 0.279. The number of nitrogens with zero attached hydrogens (tertiary/aromatic N) is 3. The molecule has 10 heteroatoms. The Balaban J connectivity index is 1.75. The van der Waals surface area contributed by atoms with Crippen LogP contribution in [0.25, 0.3) is 6.08 Å². The third-order valence-corrected chi connectivity index (χ3v) is 5.84. The summed E-state index contributed by atoms with van der Waals surface area (Å²) in [6, 6.07) is 10.9. The molecule has 2 aromatic carbocycles. The zero-order valence-electron chi connectivity index (χ0n) is 18.6. The highest BCUT2D eigenvalue weighted by molar-refractivity contribution is 7.15. The number of nitriles is 1. The van der Waals surface area contributed by atoms with E-state index in [1.807, 2.05) is 6.07 Å². The molecule has 3 aromatic rings. The number of methoxy groups -OCH3 is 1. The maximum atomic E-state index is 13.1. The smallest absolute Gasteiger partial charge is 0.268 e. The second-order valence-corrected chi connectivity index (χ2v) is 8.65. The number of rotatable bonds is 10. The van der Waals surface area contributed by atoms with Gasteiger partial charge in [-0.15, -0.1) is 10.2 Å². The maximum absolute atomic E-state index is 13.1. The standard InChI is InChI=1S/C24H22ClFN4O3S/c1-3-4-5-21-29-30-24(34-21)28-23(31)17(13-27)10-16-11-19(25)22(20(12-16)32-2)33-14-15-6-8-18(26)9-7-15/h6-12H,3-5,14H2,1-2H3,(H,28,30,31). The van der Waals surface area contributed by atoms with Gasteiger partial charge in [0.15, 0.2) is 11.5 Å². The van der Waals surface area contributed by atoms with Gasteiger partial charge in [-0.25, -0.2) is 4.39 Å². The van der Waals surface area contributed by atoms with Crippen LogP contribution in [-0.2, 0) is 17.8 Å². The van der Waals surface area contributed by atoms with Gasteiger partial charge in [0.25, 0.3) is 5.91 Å². The minimum absolute atomic E-state index is 0.136. The molecule has 34 heavy (non-hydrogen) atoms. The summed E-state index contributed by atoms with van der Waals surface area (Å²) in [4.78, 5) is 12.6. The fourth-order valence-corrected chi connectivity index (χ4v) is 3.96. The average molecular weight is 501 g/mol. The van der Waals surface area contributed by atoms with E-state index in [2.05, 4.69) is 22.4 Å². The van der Waals surface area contributed by atoms with Crippen LogP contribution in [-0.4, -0.2) is 23.2 Å². The van der Waals surface area contributed by atoms with Crippen molar-refractivity contribution in [1.29, 1.82) is 5.26 Å². The van der Waals surface area contributed by atoms with Crippen LogP contribution in [0.5, 0.6) is 11.5 Å². The second-order valence-electron chi connectivity index (χ2n) is 7.18. The van der Waals surface area contributed by atoms with Gasteiger partial charge in [-0.05, 0) is 47.9 Å². The van der Waals surface area contributed by atoms with Crippen molar-refractivity contribution in [3.05, 3.63) is 68.9 Å². The zero-order valence-corrected chi connectivity index (χ0v) is 20.2. The Kier molecular flexibility index (Phi) is 8.96. The van der Waals surface area contributed by atoms with Crippen molar-refractivity contribution in [2.24, 2.45) is 0 Å². The lowest BCUT2D eigenvalue weighted by Gasteiger charge is -2.13. The van der Waals surface area contributed by atoms with E-state index in [-0.39, 0.29) is 23.0 Å². The van der Waals surface area contributed by atoms with Gasteiger partial charge in [0.2, 0.25) is 5.13 Å². The predicted molar refractivity (Wildman–Crippen MR) is 129 cm³/mol. The molecule has 1 amide bonds. The van der Waals surface area contributed by atoms with Crippen LogP contribution in [0.4, 0.5) is 9.52 Å². The number of aryl methyl sites for hydroxylation is 1. The lowest BCUT2D eigenvalue weighted by molar-refractivity contribution is -0.112. The second kappa shape index (κ2) is 12.1. The van der Waals surface area contributed by atoms with Gasteiger partial charge in [-0.3, -0.25) is 10.1 Å². The van der Waals surface area contributed by atoms with Crippen molar-refractivity contribution in [2.75, 3.05) is 12.4 Å². The van der Waals surface area contributed by atoms with Gasteiger partial charge in [0, 0.05) is 6.42 Å². The molecule has 1 heterocycles. The first-order chi connectivity index (χ1) is 16.4. The molecule has 1 N–H and O–H groups in total. The number of unbranched alkanes of at least 4 members (excludes halogenated alkanes) is 1. The zero-order chi connectivity index (χ0) is 24.5. The van der Waals surface area contributed by atoms with Gasteiger partial charge in [-0.2, -0.15) is 5.26 Å². The average Bonchev–Trinajstić information content (AvgIpc) is 3.28. The molecule has 0 saturated heterocycles. The van der Waals surface area contributed by atoms with Crippen LogP contribution in [0.15, 0.2) is 42.0 Å². The molecule has 0 bridgehead atoms. The summed E-state index contributed by atoms with van der Waals surface area (Å²) in [5.41, 5.74) is 1.09. The molecule has 0 atom stereocenters. The Morgan fingerprint density at radius 2 is 2.06 bits per heavy atom. The summed E-state index contributed by atoms with van der Waals surface area (Å²) in [6.45, 7) is 2.23. The molecule has 0 radical (unpaired) electrons. The van der Waals surface area contributed by atoms with Crippen molar-refractivity contribution >= 4 is 40.1 Å². The van der Waals surface area contributed by atoms with Gasteiger partial charge in [0.1, 0.15) is 29.1 Å². The summed E-state index contributed by atoms with van der Waals surface area (Å²) in [6.07, 6.45) is 4.20. The molecule has 176 valence electrons. The van der Waals surface area contributed by atoms with E-state index < -0.39 is 5.91 Å². The molecule has 0 aliphatic rings. The number of ether oxygens (including phenoxy) is 2. The number of carbonyl (C=O) groups excluding carboxylic acids is 1. The minimum atomic E-state index is -0.604. The number of amides is 1. The maximum Gasteiger partial charge on any atom is 0.268 e. The highest BCUT2D eigenvalue weighted by atomic mass is 35.5. The van der Waals surface area contributed by atoms with Crippen LogP contribution >= 0.6 is 22.9 Å². The van der Waals surface area contributed by atoms with Crippen molar-refractivity contribution in [1.82, 2.24) is 10.2 Å². The first-order valence-corrected chi connectivity index (χ1v) is 11.6. The van der Waals surface area contributed by atoms with Crippen molar-refractivity contribution in [2.45, 2.75) is 32.8 Å². The summed E-state index contributed by atoms with van der Waals surface area (Å²) in [5.74, 6) is -0.325. The van der Waals surface area contributed by atoms with E-state index in [1.165, 1.54) is 36.7 Å². The van der Waals surface area contributed by atoms with Gasteiger partial charge in [0.05, 0.1) is 12.1 Å². The highest BCUT2D eigenvalue weighted by Crippen LogP contribution is 2.37. The number of halogens is 2. The molecule has 0 aliphatic carbocycles. The Morgan fingerprint density at radius 3 is 2.74 bits per heavy atom. The number of hydrogen-bond acceptors (Lipinski definition) is 7. The molecule has 3 rings (SSSR count). The lowest BCUT2D eigenvalue weighted by Crippen LogP contribution is -2.13. The van der Waals surface area contributed by atoms with E-state index in [9.17, 15) is 14.4 Å². The van der Waals surface area contributed by atoms with E-state index >= 15 is 0 Å². The number of carbonyl (C=O) groups is 1. The van der Waals surface area contributed by atoms with Gasteiger partial charge in [-0.1, -0.05) is 48.4 Å². The monoisotopic (exact) mass is 500 g/mol. The molecule has 1 aromatic heterocycles. The Hall–Kier alpha value is -3.48. The SMILES string of the molecule is CCCCc1nnc(NC(=O)C(C#N)=Cc2cc(Cl)c(OCc3ccc(F)cc3)c(OC)c2)s1. The molecule has 0 aliphatic heterocycles. The normalized spacial score (nSPS) is 11.1. The molecule has 7 nitrogen and oxygen atoms in total. The summed E-state index contributed by atoms with van der Waals surface area (Å²) in [7, 11) is 1.45. The Bertz CT molecular complexity index is 1220. The van der Waals surface area contributed by atoms with Crippen molar-refractivity contribution < 1.29 is 18.7 Å². The fourth-order valence-electron chi connectivity index (χ4n) is 2.91. The molecule has 0 saturated carbocycles. The summed E-state index contributed by atoms with van der Waals surface area (Å²) in [5, 5.41) is 21.5. The number of aromatic nitrogens is 2. The van der Waals surface area contributed by atoms with Crippen LogP contribution < -0.4 is 14.8 Å². The van der Waals surface area contributed by atoms with Crippen molar-refractivity contribution in [3.8, 4) is 17.6 Å². The number of hydrogen-bond donors (Lipinski definition) is 1. The van der Waals surface area contributed by atoms with Gasteiger partial charge >= 0.3 is 0 Å². The summed E-state index contributed by atoms with van der Waals surface area (Å²) < 4.78 is 24.2. The van der Waals surface area contributed by atoms with Crippen LogP contribution in [0.2, 0.25) is 5.02 Å². The predicted octanol–water partition coefficient (Wildman–Crippen LogP) is 5.81. The Labute approximate surface area is 205 Å². The number of anilines is 1. The topological polar surface area (TPSA) is 97.1 Å². The first kappa shape index (κ1) is 25.1. The first-order valence-electron chi connectivity index (χ1n) is 10.4. The van der Waals surface area contributed by atoms with E-state index in [1.54, 1.807) is 24.3 Å². The van der Waals surface area contributed by atoms with Crippen LogP contribution in [0, 0.1) is 17.1 Å². The molecular weight excluding hydrogens is 479 g/mol. The van der Waals surface area contributed by atoms with E-state index in [0.29, 0.717) is 22.2 Å². The largest absolute Gasteiger partial charge is 0.493 e. The Morgan fingerprint density at radius 1 is 1.29 bits per heavy atom. The minimum Gasteiger partial charge on any atom is -0.493 e. The summed E-state index contributed by atoms with van der Waals surface area (Å²) >= 11 is 7.67. The third-order valence-electron chi connectivity index (χ3n) is 4.66. The van der Waals surface area contributed by atoms with E-state index in [4.69, 9.17) is 21.1 Å². The fraction of sp³-hybridized carbons (Fsp3) is 0.250. The number of nitrogens with one attached hydrogen (secondary N) is 1. The molecular formula is C24H22ClFN4O3S.